The molecule has 0 radical (unpaired) electrons. The number of allylic oxidation sites excluding steroid dienone is 1. The fraction of sp³-hybridized carbons (Fsp3) is 0.471. The minimum absolute atomic E-state index is 0.101. The van der Waals surface area contributed by atoms with E-state index in [-0.39, 0.29) is 17.7 Å². The van der Waals surface area contributed by atoms with Crippen molar-refractivity contribution in [2.75, 3.05) is 7.11 Å². The van der Waals surface area contributed by atoms with Gasteiger partial charge in [0.2, 0.25) is 0 Å². The average Bonchev–Trinajstić information content (AvgIpc) is 3.04. The summed E-state index contributed by atoms with van der Waals surface area (Å²) in [4.78, 5) is 37.1. The molecule has 0 aliphatic heterocycles. The molecule has 1 amide bonds. The van der Waals surface area contributed by atoms with Crippen molar-refractivity contribution in [1.29, 1.82) is 0 Å². The minimum atomic E-state index is -5.44. The number of methoxy groups -OCH3 is 1. The number of carbonyl (C=O) groups excluding carboxylic acids is 3. The number of aliphatic hydroxyl groups is 1. The van der Waals surface area contributed by atoms with Crippen LogP contribution in [0.25, 0.3) is 0 Å². The average molecular weight is 405 g/mol. The highest BCUT2D eigenvalue weighted by molar-refractivity contribution is 7.12. The van der Waals surface area contributed by atoms with Crippen LogP contribution in [0.3, 0.4) is 0 Å². The second-order valence-corrected chi connectivity index (χ2v) is 7.88. The molecular formula is C17H18F3NO5S. The predicted octanol–water partition coefficient (Wildman–Crippen LogP) is 3.15. The van der Waals surface area contributed by atoms with Crippen LogP contribution < -0.4 is 5.32 Å². The van der Waals surface area contributed by atoms with E-state index in [1.54, 1.807) is 19.2 Å². The summed E-state index contributed by atoms with van der Waals surface area (Å²) in [5.41, 5.74) is -5.80. The van der Waals surface area contributed by atoms with Gasteiger partial charge < -0.3 is 15.2 Å². The van der Waals surface area contributed by atoms with Crippen LogP contribution in [0.2, 0.25) is 0 Å². The summed E-state index contributed by atoms with van der Waals surface area (Å²) in [5.74, 6) is -5.11. The zero-order chi connectivity index (χ0) is 20.6. The Morgan fingerprint density at radius 1 is 1.30 bits per heavy atom. The molecule has 148 valence electrons. The number of ketones is 1. The summed E-state index contributed by atoms with van der Waals surface area (Å²) in [6.07, 6.45) is -6.04. The zero-order valence-electron chi connectivity index (χ0n) is 14.8. The van der Waals surface area contributed by atoms with Crippen molar-refractivity contribution in [3.05, 3.63) is 33.7 Å². The molecule has 1 aromatic heterocycles. The molecule has 0 bridgehead atoms. The Balaban J connectivity index is 2.71. The molecule has 0 saturated carbocycles. The number of hydrogen-bond donors (Lipinski definition) is 2. The largest absolute Gasteiger partial charge is 0.512 e. The Morgan fingerprint density at radius 3 is 2.37 bits per heavy atom. The third-order valence-electron chi connectivity index (χ3n) is 4.19. The van der Waals surface area contributed by atoms with Gasteiger partial charge in [0, 0.05) is 12.8 Å². The molecule has 0 aromatic carbocycles. The van der Waals surface area contributed by atoms with Crippen LogP contribution >= 0.6 is 11.3 Å². The number of Topliss-reactive ketones (excluding diaryl/α,β-unsaturated/α-hetero) is 1. The molecule has 0 fully saturated rings. The summed E-state index contributed by atoms with van der Waals surface area (Å²) >= 11 is 0.855. The maximum Gasteiger partial charge on any atom is 0.427 e. The molecule has 1 aliphatic carbocycles. The Kier molecular flexibility index (Phi) is 5.42. The van der Waals surface area contributed by atoms with Crippen LogP contribution in [0.15, 0.2) is 28.8 Å². The van der Waals surface area contributed by atoms with Crippen LogP contribution in [0.4, 0.5) is 13.2 Å². The van der Waals surface area contributed by atoms with Gasteiger partial charge in [0.25, 0.3) is 11.4 Å². The molecule has 1 aliphatic rings. The van der Waals surface area contributed by atoms with E-state index in [1.807, 2.05) is 0 Å². The van der Waals surface area contributed by atoms with Gasteiger partial charge in [0.15, 0.2) is 5.78 Å². The second-order valence-electron chi connectivity index (χ2n) is 6.93. The summed E-state index contributed by atoms with van der Waals surface area (Å²) < 4.78 is 46.7. The maximum atomic E-state index is 14.1. The monoisotopic (exact) mass is 405 g/mol. The van der Waals surface area contributed by atoms with Crippen LogP contribution in [0.5, 0.6) is 0 Å². The van der Waals surface area contributed by atoms with Gasteiger partial charge in [-0.1, -0.05) is 19.9 Å². The van der Waals surface area contributed by atoms with Crippen molar-refractivity contribution in [1.82, 2.24) is 5.32 Å². The van der Waals surface area contributed by atoms with Crippen LogP contribution in [0.1, 0.15) is 36.4 Å². The van der Waals surface area contributed by atoms with Crippen LogP contribution in [-0.4, -0.2) is 41.6 Å². The number of ether oxygens (including phenoxy) is 1. The molecule has 1 heterocycles. The lowest BCUT2D eigenvalue weighted by Gasteiger charge is -2.39. The number of rotatable bonds is 4. The number of aliphatic hydroxyl groups excluding tert-OH is 1. The van der Waals surface area contributed by atoms with Gasteiger partial charge in [-0.25, -0.2) is 4.79 Å². The van der Waals surface area contributed by atoms with Crippen molar-refractivity contribution in [2.24, 2.45) is 5.41 Å². The summed E-state index contributed by atoms with van der Waals surface area (Å²) in [6.45, 7) is 3.19. The lowest BCUT2D eigenvalue weighted by molar-refractivity contribution is -0.202. The van der Waals surface area contributed by atoms with E-state index in [1.165, 1.54) is 17.5 Å². The molecule has 1 unspecified atom stereocenters. The molecule has 6 nitrogen and oxygen atoms in total. The topological polar surface area (TPSA) is 92.7 Å². The molecule has 1 aromatic rings. The van der Waals surface area contributed by atoms with E-state index in [0.29, 0.717) is 7.11 Å². The Hall–Kier alpha value is -2.36. The lowest BCUT2D eigenvalue weighted by atomic mass is 9.71. The van der Waals surface area contributed by atoms with E-state index in [4.69, 9.17) is 0 Å². The van der Waals surface area contributed by atoms with Gasteiger partial charge in [-0.15, -0.1) is 11.3 Å². The Morgan fingerprint density at radius 2 is 1.93 bits per heavy atom. The Bertz CT molecular complexity index is 798. The number of esters is 1. The van der Waals surface area contributed by atoms with E-state index in [0.717, 1.165) is 11.3 Å². The lowest BCUT2D eigenvalue weighted by Crippen LogP contribution is -2.67. The fourth-order valence-electron chi connectivity index (χ4n) is 3.05. The second kappa shape index (κ2) is 6.99. The maximum absolute atomic E-state index is 14.1. The standard InChI is InChI=1S/C17H18F3NO5S/c1-15(2)7-9(22)12(10(23)8-15)16(14(25)26-3,17(18,19)20)21-13(24)11-5-4-6-27-11/h4-6,22H,7-8H2,1-3H3,(H,21,24). The first-order valence-electron chi connectivity index (χ1n) is 7.82. The molecule has 0 spiro atoms. The molecule has 0 saturated heterocycles. The fourth-order valence-corrected chi connectivity index (χ4v) is 3.67. The van der Waals surface area contributed by atoms with Crippen molar-refractivity contribution >= 4 is 29.0 Å². The van der Waals surface area contributed by atoms with Gasteiger partial charge in [-0.05, 0) is 16.9 Å². The number of amides is 1. The number of hydrogen-bond acceptors (Lipinski definition) is 6. The van der Waals surface area contributed by atoms with Gasteiger partial charge in [0.05, 0.1) is 17.6 Å². The van der Waals surface area contributed by atoms with Gasteiger partial charge in [-0.2, -0.15) is 13.2 Å². The van der Waals surface area contributed by atoms with Crippen molar-refractivity contribution in [2.45, 2.75) is 38.4 Å². The van der Waals surface area contributed by atoms with Crippen LogP contribution in [0, 0.1) is 5.41 Å². The first-order valence-corrected chi connectivity index (χ1v) is 8.70. The van der Waals surface area contributed by atoms with Crippen molar-refractivity contribution < 1.29 is 37.4 Å². The highest BCUT2D eigenvalue weighted by Gasteiger charge is 2.68. The zero-order valence-corrected chi connectivity index (χ0v) is 15.6. The van der Waals surface area contributed by atoms with Crippen molar-refractivity contribution in [3.8, 4) is 0 Å². The van der Waals surface area contributed by atoms with Gasteiger partial charge in [-0.3, -0.25) is 9.59 Å². The Labute approximate surface area is 157 Å². The first-order chi connectivity index (χ1) is 12.4. The van der Waals surface area contributed by atoms with E-state index >= 15 is 0 Å². The highest BCUT2D eigenvalue weighted by atomic mass is 32.1. The number of nitrogens with one attached hydrogen (secondary N) is 1. The number of halogens is 3. The van der Waals surface area contributed by atoms with E-state index in [2.05, 4.69) is 4.74 Å². The first kappa shape index (κ1) is 20.9. The molecule has 2 rings (SSSR count). The van der Waals surface area contributed by atoms with Gasteiger partial charge in [0.1, 0.15) is 5.76 Å². The third-order valence-corrected chi connectivity index (χ3v) is 5.06. The summed E-state index contributed by atoms with van der Waals surface area (Å²) in [5, 5.41) is 13.3. The van der Waals surface area contributed by atoms with Gasteiger partial charge >= 0.3 is 12.1 Å². The smallest absolute Gasteiger partial charge is 0.427 e. The molecular weight excluding hydrogens is 387 g/mol. The molecule has 27 heavy (non-hydrogen) atoms. The molecule has 2 N–H and O–H groups in total. The van der Waals surface area contributed by atoms with Crippen LogP contribution in [-0.2, 0) is 14.3 Å². The normalized spacial score (nSPS) is 19.4. The predicted molar refractivity (Wildman–Crippen MR) is 90.3 cm³/mol. The highest BCUT2D eigenvalue weighted by Crippen LogP contribution is 2.45. The van der Waals surface area contributed by atoms with E-state index < -0.39 is 46.1 Å². The number of alkyl halides is 3. The minimum Gasteiger partial charge on any atom is -0.512 e. The summed E-state index contributed by atoms with van der Waals surface area (Å²) in [6, 6.07) is 2.70. The SMILES string of the molecule is COC(=O)C(NC(=O)c1cccs1)(C1=C(O)CC(C)(C)CC1=O)C(F)(F)F. The summed E-state index contributed by atoms with van der Waals surface area (Å²) in [7, 11) is 0.703. The third kappa shape index (κ3) is 3.71. The molecule has 10 heteroatoms. The van der Waals surface area contributed by atoms with E-state index in [9.17, 15) is 32.7 Å². The number of thiophene rings is 1. The number of carbonyl (C=O) groups is 3. The molecule has 1 atom stereocenters. The quantitative estimate of drug-likeness (QED) is 0.751. The van der Waals surface area contributed by atoms with Crippen molar-refractivity contribution in [3.63, 3.8) is 0 Å².